The summed E-state index contributed by atoms with van der Waals surface area (Å²) < 4.78 is 53.4. The van der Waals surface area contributed by atoms with Crippen molar-refractivity contribution in [3.63, 3.8) is 0 Å². The first-order valence-electron chi connectivity index (χ1n) is 7.86. The van der Waals surface area contributed by atoms with E-state index in [1.165, 1.54) is 26.4 Å². The van der Waals surface area contributed by atoms with Crippen molar-refractivity contribution in [2.24, 2.45) is 0 Å². The number of benzene rings is 2. The Morgan fingerprint density at radius 2 is 1.69 bits per heavy atom. The van der Waals surface area contributed by atoms with Crippen LogP contribution in [0.3, 0.4) is 0 Å². The molecule has 0 unspecified atom stereocenters. The number of carbonyl (C=O) groups excluding carboxylic acids is 1. The zero-order chi connectivity index (χ0) is 19.2. The molecule has 0 spiro atoms. The van der Waals surface area contributed by atoms with Crippen LogP contribution in [-0.2, 0) is 28.7 Å². The van der Waals surface area contributed by atoms with Crippen molar-refractivity contribution in [3.05, 3.63) is 59.2 Å². The maximum atomic E-state index is 12.7. The number of alkyl halides is 3. The minimum absolute atomic E-state index is 0.106. The Morgan fingerprint density at radius 1 is 0.962 bits per heavy atom. The number of hydrogen-bond acceptors (Lipinski definition) is 4. The van der Waals surface area contributed by atoms with Crippen LogP contribution < -0.4 is 9.47 Å². The van der Waals surface area contributed by atoms with E-state index < -0.39 is 17.7 Å². The van der Waals surface area contributed by atoms with Gasteiger partial charge in [-0.3, -0.25) is 4.79 Å². The number of ether oxygens (including phenoxy) is 3. The first kappa shape index (κ1) is 19.6. The van der Waals surface area contributed by atoms with Gasteiger partial charge in [-0.1, -0.05) is 18.2 Å². The molecular formula is C19H19F3O4. The quantitative estimate of drug-likeness (QED) is 0.680. The molecule has 0 saturated heterocycles. The van der Waals surface area contributed by atoms with Gasteiger partial charge in [-0.05, 0) is 41.8 Å². The molecule has 0 atom stereocenters. The van der Waals surface area contributed by atoms with Gasteiger partial charge in [0, 0.05) is 6.42 Å². The van der Waals surface area contributed by atoms with E-state index in [0.717, 1.165) is 17.7 Å². The van der Waals surface area contributed by atoms with Crippen molar-refractivity contribution in [2.75, 3.05) is 14.2 Å². The Bertz CT molecular complexity index is 757. The third-order valence-corrected chi connectivity index (χ3v) is 3.72. The predicted octanol–water partition coefficient (Wildman–Crippen LogP) is 4.40. The molecule has 2 rings (SSSR count). The van der Waals surface area contributed by atoms with Gasteiger partial charge in [0.2, 0.25) is 0 Å². The second-order valence-electron chi connectivity index (χ2n) is 5.55. The molecule has 0 aromatic heterocycles. The lowest BCUT2D eigenvalue weighted by Crippen LogP contribution is -2.08. The summed E-state index contributed by atoms with van der Waals surface area (Å²) in [6.07, 6.45) is -3.90. The summed E-state index contributed by atoms with van der Waals surface area (Å²) in [4.78, 5) is 11.8. The van der Waals surface area contributed by atoms with E-state index in [1.807, 2.05) is 0 Å². The number of halogens is 3. The number of rotatable bonds is 7. The first-order valence-corrected chi connectivity index (χ1v) is 7.86. The fourth-order valence-corrected chi connectivity index (χ4v) is 2.36. The van der Waals surface area contributed by atoms with Crippen LogP contribution in [0.2, 0.25) is 0 Å². The molecule has 26 heavy (non-hydrogen) atoms. The standard InChI is InChI=1S/C19H19F3O4/c1-24-16-8-6-13(11-17(16)25-2)7-9-18(23)26-12-14-4-3-5-15(10-14)19(20,21)22/h3-6,8,10-11H,7,9,12H2,1-2H3. The number of esters is 1. The summed E-state index contributed by atoms with van der Waals surface area (Å²) in [5, 5.41) is 0. The lowest BCUT2D eigenvalue weighted by Gasteiger charge is -2.10. The third kappa shape index (κ3) is 5.40. The highest BCUT2D eigenvalue weighted by atomic mass is 19.4. The molecule has 0 N–H and O–H groups in total. The summed E-state index contributed by atoms with van der Waals surface area (Å²) >= 11 is 0. The van der Waals surface area contributed by atoms with Crippen LogP contribution in [0.1, 0.15) is 23.1 Å². The van der Waals surface area contributed by atoms with Crippen LogP contribution in [0.4, 0.5) is 13.2 Å². The highest BCUT2D eigenvalue weighted by Crippen LogP contribution is 2.30. The Morgan fingerprint density at radius 3 is 2.35 bits per heavy atom. The van der Waals surface area contributed by atoms with Crippen LogP contribution in [0.5, 0.6) is 11.5 Å². The molecular weight excluding hydrogens is 349 g/mol. The molecule has 0 aliphatic heterocycles. The van der Waals surface area contributed by atoms with Gasteiger partial charge in [0.15, 0.2) is 11.5 Å². The molecule has 140 valence electrons. The van der Waals surface area contributed by atoms with E-state index in [1.54, 1.807) is 18.2 Å². The summed E-state index contributed by atoms with van der Waals surface area (Å²) in [5.74, 6) is 0.655. The summed E-state index contributed by atoms with van der Waals surface area (Å²) in [6, 6.07) is 10.0. The Hall–Kier alpha value is -2.70. The molecule has 0 heterocycles. The van der Waals surface area contributed by atoms with E-state index >= 15 is 0 Å². The average Bonchev–Trinajstić information content (AvgIpc) is 2.64. The zero-order valence-electron chi connectivity index (χ0n) is 14.4. The predicted molar refractivity (Wildman–Crippen MR) is 89.1 cm³/mol. The molecule has 2 aromatic rings. The van der Waals surface area contributed by atoms with Crippen LogP contribution in [0.25, 0.3) is 0 Å². The third-order valence-electron chi connectivity index (χ3n) is 3.72. The molecule has 0 aliphatic rings. The molecule has 0 aliphatic carbocycles. The van der Waals surface area contributed by atoms with E-state index in [4.69, 9.17) is 14.2 Å². The normalized spacial score (nSPS) is 11.1. The average molecular weight is 368 g/mol. The van der Waals surface area contributed by atoms with Gasteiger partial charge in [0.25, 0.3) is 0 Å². The molecule has 0 bridgehead atoms. The Labute approximate surface area is 149 Å². The van der Waals surface area contributed by atoms with Gasteiger partial charge in [0.05, 0.1) is 19.8 Å². The number of methoxy groups -OCH3 is 2. The lowest BCUT2D eigenvalue weighted by atomic mass is 10.1. The van der Waals surface area contributed by atoms with Crippen LogP contribution in [0, 0.1) is 0 Å². The molecule has 0 fully saturated rings. The van der Waals surface area contributed by atoms with Crippen molar-refractivity contribution in [2.45, 2.75) is 25.6 Å². The maximum Gasteiger partial charge on any atom is 0.416 e. The smallest absolute Gasteiger partial charge is 0.416 e. The van der Waals surface area contributed by atoms with Gasteiger partial charge in [0.1, 0.15) is 6.61 Å². The van der Waals surface area contributed by atoms with Crippen molar-refractivity contribution < 1.29 is 32.2 Å². The van der Waals surface area contributed by atoms with Crippen molar-refractivity contribution >= 4 is 5.97 Å². The number of hydrogen-bond donors (Lipinski definition) is 0. The van der Waals surface area contributed by atoms with Crippen LogP contribution in [-0.4, -0.2) is 20.2 Å². The van der Waals surface area contributed by atoms with Gasteiger partial charge in [-0.25, -0.2) is 0 Å². The fourth-order valence-electron chi connectivity index (χ4n) is 2.36. The topological polar surface area (TPSA) is 44.8 Å². The minimum atomic E-state index is -4.42. The first-order chi connectivity index (χ1) is 12.3. The minimum Gasteiger partial charge on any atom is -0.493 e. The van der Waals surface area contributed by atoms with Crippen molar-refractivity contribution in [1.29, 1.82) is 0 Å². The van der Waals surface area contributed by atoms with Crippen LogP contribution >= 0.6 is 0 Å². The monoisotopic (exact) mass is 368 g/mol. The maximum absolute atomic E-state index is 12.7. The molecule has 2 aromatic carbocycles. The highest BCUT2D eigenvalue weighted by molar-refractivity contribution is 5.69. The summed E-state index contributed by atoms with van der Waals surface area (Å²) in [6.45, 7) is -0.200. The Kier molecular flexibility index (Phi) is 6.49. The zero-order valence-corrected chi connectivity index (χ0v) is 14.4. The van der Waals surface area contributed by atoms with Crippen molar-refractivity contribution in [3.8, 4) is 11.5 Å². The van der Waals surface area contributed by atoms with Gasteiger partial charge >= 0.3 is 12.1 Å². The Balaban J connectivity index is 1.88. The van der Waals surface area contributed by atoms with E-state index in [-0.39, 0.29) is 13.0 Å². The fraction of sp³-hybridized carbons (Fsp3) is 0.316. The lowest BCUT2D eigenvalue weighted by molar-refractivity contribution is -0.144. The number of carbonyl (C=O) groups is 1. The molecule has 7 heteroatoms. The summed E-state index contributed by atoms with van der Waals surface area (Å²) in [7, 11) is 3.05. The molecule has 4 nitrogen and oxygen atoms in total. The van der Waals surface area contributed by atoms with Gasteiger partial charge in [-0.2, -0.15) is 13.2 Å². The van der Waals surface area contributed by atoms with E-state index in [2.05, 4.69) is 0 Å². The van der Waals surface area contributed by atoms with Gasteiger partial charge in [-0.15, -0.1) is 0 Å². The largest absolute Gasteiger partial charge is 0.493 e. The van der Waals surface area contributed by atoms with E-state index in [9.17, 15) is 18.0 Å². The molecule has 0 amide bonds. The molecule has 0 saturated carbocycles. The second kappa shape index (κ2) is 8.60. The van der Waals surface area contributed by atoms with Crippen LogP contribution in [0.15, 0.2) is 42.5 Å². The molecule has 0 radical (unpaired) electrons. The van der Waals surface area contributed by atoms with Gasteiger partial charge < -0.3 is 14.2 Å². The van der Waals surface area contributed by atoms with E-state index in [0.29, 0.717) is 23.5 Å². The SMILES string of the molecule is COc1ccc(CCC(=O)OCc2cccc(C(F)(F)F)c2)cc1OC. The summed E-state index contributed by atoms with van der Waals surface area (Å²) in [5.41, 5.74) is 0.384. The number of aryl methyl sites for hydroxylation is 1. The van der Waals surface area contributed by atoms with Crippen molar-refractivity contribution in [1.82, 2.24) is 0 Å². The second-order valence-corrected chi connectivity index (χ2v) is 5.55. The highest BCUT2D eigenvalue weighted by Gasteiger charge is 2.30.